The molecule has 0 aliphatic rings. The van der Waals surface area contributed by atoms with Crippen LogP contribution in [0.5, 0.6) is 0 Å². The van der Waals surface area contributed by atoms with Crippen molar-refractivity contribution in [3.05, 3.63) is 69.2 Å². The van der Waals surface area contributed by atoms with Crippen LogP contribution >= 0.6 is 23.2 Å². The summed E-state index contributed by atoms with van der Waals surface area (Å²) >= 11 is 12.1. The number of carbonyl (C=O) groups is 1. The predicted molar refractivity (Wildman–Crippen MR) is 137 cm³/mol. The van der Waals surface area contributed by atoms with E-state index in [1.165, 1.54) is 0 Å². The van der Waals surface area contributed by atoms with Gasteiger partial charge in [-0.1, -0.05) is 43.1 Å². The van der Waals surface area contributed by atoms with Gasteiger partial charge in [-0.15, -0.1) is 11.6 Å². The lowest BCUT2D eigenvalue weighted by Crippen LogP contribution is -2.38. The SMILES string of the molecule is Cc1ccc(-n2c(C(C)N(CCC(C)C)C(=O)CCCCl)nc3cc(Cl)ccc3c2=O)cc1. The van der Waals surface area contributed by atoms with Gasteiger partial charge in [0.1, 0.15) is 5.82 Å². The zero-order valence-electron chi connectivity index (χ0n) is 19.6. The molecular weight excluding hydrogens is 457 g/mol. The first kappa shape index (κ1) is 25.3. The van der Waals surface area contributed by atoms with Crippen molar-refractivity contribution in [1.82, 2.24) is 14.5 Å². The molecule has 5 nitrogen and oxygen atoms in total. The van der Waals surface area contributed by atoms with Crippen molar-refractivity contribution in [1.29, 1.82) is 0 Å². The fraction of sp³-hybridized carbons (Fsp3) is 0.423. The summed E-state index contributed by atoms with van der Waals surface area (Å²) in [4.78, 5) is 33.5. The van der Waals surface area contributed by atoms with E-state index in [0.717, 1.165) is 12.0 Å². The standard InChI is InChI=1S/C26H31Cl2N3O2/c1-17(2)13-15-30(24(32)6-5-14-27)19(4)25-29-23-16-20(28)9-12-22(23)26(33)31(25)21-10-7-18(3)8-11-21/h7-12,16-17,19H,5-6,13-15H2,1-4H3. The molecule has 0 radical (unpaired) electrons. The topological polar surface area (TPSA) is 55.2 Å². The largest absolute Gasteiger partial charge is 0.333 e. The van der Waals surface area contributed by atoms with Crippen LogP contribution < -0.4 is 5.56 Å². The molecule has 176 valence electrons. The van der Waals surface area contributed by atoms with Crippen LogP contribution in [0.4, 0.5) is 0 Å². The van der Waals surface area contributed by atoms with Gasteiger partial charge in [-0.2, -0.15) is 0 Å². The maximum absolute atomic E-state index is 13.6. The number of nitrogens with zero attached hydrogens (tertiary/aromatic N) is 3. The van der Waals surface area contributed by atoms with Gasteiger partial charge in [0.25, 0.3) is 5.56 Å². The van der Waals surface area contributed by atoms with Gasteiger partial charge in [-0.05, 0) is 62.9 Å². The number of alkyl halides is 1. The van der Waals surface area contributed by atoms with Gasteiger partial charge in [0.15, 0.2) is 0 Å². The molecule has 0 fully saturated rings. The van der Waals surface area contributed by atoms with E-state index in [1.807, 2.05) is 43.0 Å². The molecule has 0 saturated heterocycles. The molecule has 0 spiro atoms. The Morgan fingerprint density at radius 1 is 1.12 bits per heavy atom. The summed E-state index contributed by atoms with van der Waals surface area (Å²) in [7, 11) is 0. The first-order valence-electron chi connectivity index (χ1n) is 11.4. The van der Waals surface area contributed by atoms with Gasteiger partial charge in [0.05, 0.1) is 22.6 Å². The number of amides is 1. The Hall–Kier alpha value is -2.37. The molecule has 1 amide bonds. The number of aryl methyl sites for hydroxylation is 1. The van der Waals surface area contributed by atoms with E-state index in [2.05, 4.69) is 13.8 Å². The van der Waals surface area contributed by atoms with E-state index in [4.69, 9.17) is 28.2 Å². The molecule has 7 heteroatoms. The van der Waals surface area contributed by atoms with Crippen LogP contribution in [-0.4, -0.2) is 32.8 Å². The van der Waals surface area contributed by atoms with E-state index in [9.17, 15) is 9.59 Å². The first-order valence-corrected chi connectivity index (χ1v) is 12.3. The Kier molecular flexibility index (Phi) is 8.55. The summed E-state index contributed by atoms with van der Waals surface area (Å²) in [5.74, 6) is 1.39. The maximum atomic E-state index is 13.6. The Morgan fingerprint density at radius 3 is 2.45 bits per heavy atom. The van der Waals surface area contributed by atoms with Gasteiger partial charge >= 0.3 is 0 Å². The van der Waals surface area contributed by atoms with Crippen molar-refractivity contribution in [3.63, 3.8) is 0 Å². The molecular formula is C26H31Cl2N3O2. The molecule has 1 atom stereocenters. The summed E-state index contributed by atoms with van der Waals surface area (Å²) in [6.45, 7) is 8.77. The molecule has 2 aromatic carbocycles. The predicted octanol–water partition coefficient (Wildman–Crippen LogP) is 6.30. The van der Waals surface area contributed by atoms with Gasteiger partial charge in [-0.25, -0.2) is 4.98 Å². The van der Waals surface area contributed by atoms with E-state index < -0.39 is 6.04 Å². The van der Waals surface area contributed by atoms with Crippen LogP contribution in [0.15, 0.2) is 47.3 Å². The molecule has 0 aliphatic carbocycles. The number of hydrogen-bond acceptors (Lipinski definition) is 3. The fourth-order valence-electron chi connectivity index (χ4n) is 3.83. The second kappa shape index (κ2) is 11.2. The molecule has 0 saturated carbocycles. The highest BCUT2D eigenvalue weighted by atomic mass is 35.5. The molecule has 1 aromatic heterocycles. The lowest BCUT2D eigenvalue weighted by molar-refractivity contribution is -0.133. The van der Waals surface area contributed by atoms with Crippen molar-refractivity contribution < 1.29 is 4.79 Å². The average molecular weight is 488 g/mol. The number of halogens is 2. The van der Waals surface area contributed by atoms with Crippen molar-refractivity contribution in [2.45, 2.75) is 53.0 Å². The molecule has 3 aromatic rings. The normalized spacial score (nSPS) is 12.3. The number of hydrogen-bond donors (Lipinski definition) is 0. The lowest BCUT2D eigenvalue weighted by Gasteiger charge is -2.31. The van der Waals surface area contributed by atoms with Crippen LogP contribution in [0, 0.1) is 12.8 Å². The number of carbonyl (C=O) groups excluding carboxylic acids is 1. The molecule has 1 heterocycles. The van der Waals surface area contributed by atoms with Gasteiger partial charge in [-0.3, -0.25) is 14.2 Å². The number of rotatable bonds is 9. The van der Waals surface area contributed by atoms with Crippen LogP contribution in [0.2, 0.25) is 5.02 Å². The average Bonchev–Trinajstić information content (AvgIpc) is 2.78. The van der Waals surface area contributed by atoms with Crippen LogP contribution in [0.1, 0.15) is 57.5 Å². The zero-order valence-corrected chi connectivity index (χ0v) is 21.2. The van der Waals surface area contributed by atoms with E-state index in [-0.39, 0.29) is 11.5 Å². The van der Waals surface area contributed by atoms with Crippen LogP contribution in [-0.2, 0) is 4.79 Å². The summed E-state index contributed by atoms with van der Waals surface area (Å²) in [5.41, 5.74) is 2.15. The molecule has 0 bridgehead atoms. The summed E-state index contributed by atoms with van der Waals surface area (Å²) in [6, 6.07) is 12.4. The Bertz CT molecular complexity index is 1170. The van der Waals surface area contributed by atoms with Crippen molar-refractivity contribution in [3.8, 4) is 5.69 Å². The molecule has 3 rings (SSSR count). The highest BCUT2D eigenvalue weighted by Crippen LogP contribution is 2.26. The van der Waals surface area contributed by atoms with E-state index >= 15 is 0 Å². The first-order chi connectivity index (χ1) is 15.7. The maximum Gasteiger partial charge on any atom is 0.266 e. The molecule has 0 aliphatic heterocycles. The Balaban J connectivity index is 2.20. The van der Waals surface area contributed by atoms with Crippen molar-refractivity contribution >= 4 is 40.0 Å². The molecule has 33 heavy (non-hydrogen) atoms. The minimum atomic E-state index is -0.413. The van der Waals surface area contributed by atoms with Gasteiger partial charge < -0.3 is 4.90 Å². The highest BCUT2D eigenvalue weighted by Gasteiger charge is 2.26. The summed E-state index contributed by atoms with van der Waals surface area (Å²) in [6.07, 6.45) is 1.82. The lowest BCUT2D eigenvalue weighted by atomic mass is 10.1. The number of aromatic nitrogens is 2. The quantitative estimate of drug-likeness (QED) is 0.332. The smallest absolute Gasteiger partial charge is 0.266 e. The Labute approximate surface area is 205 Å². The van der Waals surface area contributed by atoms with Crippen LogP contribution in [0.3, 0.4) is 0 Å². The fourth-order valence-corrected chi connectivity index (χ4v) is 4.13. The minimum absolute atomic E-state index is 0.0136. The highest BCUT2D eigenvalue weighted by molar-refractivity contribution is 6.31. The van der Waals surface area contributed by atoms with E-state index in [0.29, 0.717) is 58.6 Å². The Morgan fingerprint density at radius 2 is 1.82 bits per heavy atom. The summed E-state index contributed by atoms with van der Waals surface area (Å²) in [5, 5.41) is 0.995. The molecule has 1 unspecified atom stereocenters. The number of fused-ring (bicyclic) bond motifs is 1. The van der Waals surface area contributed by atoms with Gasteiger partial charge in [0, 0.05) is 23.9 Å². The number of benzene rings is 2. The third-order valence-electron chi connectivity index (χ3n) is 5.78. The van der Waals surface area contributed by atoms with Gasteiger partial charge in [0.2, 0.25) is 5.91 Å². The minimum Gasteiger partial charge on any atom is -0.333 e. The van der Waals surface area contributed by atoms with E-state index in [1.54, 1.807) is 22.8 Å². The van der Waals surface area contributed by atoms with Crippen molar-refractivity contribution in [2.24, 2.45) is 5.92 Å². The van der Waals surface area contributed by atoms with Crippen molar-refractivity contribution in [2.75, 3.05) is 12.4 Å². The molecule has 0 N–H and O–H groups in total. The summed E-state index contributed by atoms with van der Waals surface area (Å²) < 4.78 is 1.62. The third kappa shape index (κ3) is 5.96. The third-order valence-corrected chi connectivity index (χ3v) is 6.29. The van der Waals surface area contributed by atoms with Crippen LogP contribution in [0.25, 0.3) is 16.6 Å². The monoisotopic (exact) mass is 487 g/mol. The zero-order chi connectivity index (χ0) is 24.1. The second-order valence-corrected chi connectivity index (χ2v) is 9.66. The second-order valence-electron chi connectivity index (χ2n) is 8.85.